The molecule has 0 N–H and O–H groups in total. The van der Waals surface area contributed by atoms with E-state index in [4.69, 9.17) is 15.0 Å². The molecule has 0 saturated heterocycles. The molecule has 13 aromatic carbocycles. The Hall–Kier alpha value is -10.5. The van der Waals surface area contributed by atoms with Gasteiger partial charge in [-0.2, -0.15) is 9.97 Å². The van der Waals surface area contributed by atoms with Gasteiger partial charge in [-0.05, 0) is 109 Å². The molecular weight excluding hydrogens is 1000 g/mol. The van der Waals surface area contributed by atoms with Crippen molar-refractivity contribution in [2.75, 3.05) is 0 Å². The molecular formula is C75H47N5S. The molecule has 0 fully saturated rings. The first-order valence-corrected chi connectivity index (χ1v) is 28.2. The molecule has 4 aromatic heterocycles. The van der Waals surface area contributed by atoms with Crippen LogP contribution in [0.5, 0.6) is 0 Å². The summed E-state index contributed by atoms with van der Waals surface area (Å²) in [5.74, 6) is 1.87. The van der Waals surface area contributed by atoms with Gasteiger partial charge in [0.2, 0.25) is 5.95 Å². The molecule has 0 aliphatic rings. The molecule has 4 heterocycles. The number of hydrogen-bond donors (Lipinski definition) is 0. The molecule has 0 atom stereocenters. The maximum Gasteiger partial charge on any atom is 0.238 e. The van der Waals surface area contributed by atoms with Crippen molar-refractivity contribution in [1.82, 2.24) is 24.1 Å². The second-order valence-corrected chi connectivity index (χ2v) is 21.7. The van der Waals surface area contributed by atoms with E-state index in [1.165, 1.54) is 91.0 Å². The number of hydrogen-bond acceptors (Lipinski definition) is 4. The third-order valence-electron chi connectivity index (χ3n) is 16.0. The van der Waals surface area contributed by atoms with Crippen LogP contribution in [-0.4, -0.2) is 24.1 Å². The first kappa shape index (κ1) is 46.6. The highest BCUT2D eigenvalue weighted by Crippen LogP contribution is 2.43. The molecule has 0 amide bonds. The van der Waals surface area contributed by atoms with Gasteiger partial charge in [-0.3, -0.25) is 4.57 Å². The third kappa shape index (κ3) is 7.79. The van der Waals surface area contributed by atoms with E-state index in [1.54, 1.807) is 0 Å². The number of nitrogens with zero attached hydrogens (tertiary/aromatic N) is 5. The van der Waals surface area contributed by atoms with E-state index in [0.29, 0.717) is 17.6 Å². The molecule has 0 aliphatic heterocycles. The van der Waals surface area contributed by atoms with Crippen LogP contribution in [0.25, 0.3) is 153 Å². The molecule has 0 aliphatic carbocycles. The van der Waals surface area contributed by atoms with Crippen LogP contribution < -0.4 is 0 Å². The van der Waals surface area contributed by atoms with E-state index >= 15 is 0 Å². The zero-order valence-electron chi connectivity index (χ0n) is 43.8. The monoisotopic (exact) mass is 1050 g/mol. The zero-order valence-corrected chi connectivity index (χ0v) is 44.6. The summed E-state index contributed by atoms with van der Waals surface area (Å²) >= 11 is 1.89. The quantitative estimate of drug-likeness (QED) is 0.156. The third-order valence-corrected chi connectivity index (χ3v) is 17.2. The first-order chi connectivity index (χ1) is 40.2. The second-order valence-electron chi connectivity index (χ2n) is 20.7. The summed E-state index contributed by atoms with van der Waals surface area (Å²) < 4.78 is 7.24. The van der Waals surface area contributed by atoms with Crippen molar-refractivity contribution < 1.29 is 0 Å². The smallest absolute Gasteiger partial charge is 0.238 e. The molecule has 378 valence electrons. The van der Waals surface area contributed by atoms with E-state index in [1.807, 2.05) is 72.0 Å². The average molecular weight is 1050 g/mol. The number of fused-ring (bicyclic) bond motifs is 15. The fourth-order valence-electron chi connectivity index (χ4n) is 12.3. The topological polar surface area (TPSA) is 48.5 Å². The summed E-state index contributed by atoms with van der Waals surface area (Å²) in [5, 5.41) is 15.3. The summed E-state index contributed by atoms with van der Waals surface area (Å²) in [6.45, 7) is 0. The molecule has 0 unspecified atom stereocenters. The molecule has 0 spiro atoms. The van der Waals surface area contributed by atoms with Gasteiger partial charge in [0.1, 0.15) is 0 Å². The predicted molar refractivity (Wildman–Crippen MR) is 342 cm³/mol. The van der Waals surface area contributed by atoms with Gasteiger partial charge < -0.3 is 4.57 Å². The van der Waals surface area contributed by atoms with E-state index in [2.05, 4.69) is 234 Å². The molecule has 17 rings (SSSR count). The van der Waals surface area contributed by atoms with E-state index in [9.17, 15) is 0 Å². The number of para-hydroxylation sites is 3. The van der Waals surface area contributed by atoms with Crippen LogP contribution in [0.3, 0.4) is 0 Å². The largest absolute Gasteiger partial charge is 0.309 e. The maximum absolute atomic E-state index is 5.11. The minimum Gasteiger partial charge on any atom is -0.309 e. The molecule has 0 saturated carbocycles. The van der Waals surface area contributed by atoms with Crippen molar-refractivity contribution in [2.45, 2.75) is 0 Å². The molecule has 17 aromatic rings. The Balaban J connectivity index is 0.000000136. The molecule has 81 heavy (non-hydrogen) atoms. The lowest BCUT2D eigenvalue weighted by Gasteiger charge is -2.12. The van der Waals surface area contributed by atoms with Gasteiger partial charge in [-0.25, -0.2) is 4.98 Å². The number of aromatic nitrogens is 5. The van der Waals surface area contributed by atoms with Gasteiger partial charge in [0, 0.05) is 58.5 Å². The number of benzene rings is 13. The first-order valence-electron chi connectivity index (χ1n) is 27.4. The van der Waals surface area contributed by atoms with Crippen LogP contribution in [0.15, 0.2) is 285 Å². The van der Waals surface area contributed by atoms with Gasteiger partial charge in [0.05, 0.1) is 22.1 Å². The van der Waals surface area contributed by atoms with Crippen LogP contribution in [0.2, 0.25) is 0 Å². The Kier molecular flexibility index (Phi) is 11.0. The minimum absolute atomic E-state index is 0.589. The predicted octanol–water partition coefficient (Wildman–Crippen LogP) is 20.2. The van der Waals surface area contributed by atoms with Crippen LogP contribution in [0, 0.1) is 0 Å². The average Bonchev–Trinajstić information content (AvgIpc) is 4.30. The van der Waals surface area contributed by atoms with Crippen molar-refractivity contribution in [3.63, 3.8) is 0 Å². The van der Waals surface area contributed by atoms with Crippen LogP contribution in [-0.2, 0) is 0 Å². The van der Waals surface area contributed by atoms with E-state index in [-0.39, 0.29) is 0 Å². The molecule has 6 heteroatoms. The molecule has 0 radical (unpaired) electrons. The summed E-state index contributed by atoms with van der Waals surface area (Å²) in [6.07, 6.45) is 0. The van der Waals surface area contributed by atoms with Crippen molar-refractivity contribution in [3.8, 4) is 56.7 Å². The molecule has 5 nitrogen and oxygen atoms in total. The highest BCUT2D eigenvalue weighted by Gasteiger charge is 2.22. The normalized spacial score (nSPS) is 11.7. The summed E-state index contributed by atoms with van der Waals surface area (Å²) in [4.78, 5) is 15.2. The SMILES string of the molecule is c1cc(-c2ccc3c4ccccc4c4ccccc4c3c2)cc(-c2cccc3c2sc2ccccc23)c1.c1ccc(-c2nc(-c3ccccc3)nc(-n3c4ccccc4c4cc5c6ccccc6n(-c6ccccc6)c5cc43)n2)cc1. The Labute approximate surface area is 470 Å². The van der Waals surface area contributed by atoms with Gasteiger partial charge in [-0.1, -0.05) is 231 Å². The summed E-state index contributed by atoms with van der Waals surface area (Å²) in [5.41, 5.74) is 12.5. The summed E-state index contributed by atoms with van der Waals surface area (Å²) in [6, 6.07) is 102. The highest BCUT2D eigenvalue weighted by molar-refractivity contribution is 7.26. The van der Waals surface area contributed by atoms with Gasteiger partial charge >= 0.3 is 0 Å². The highest BCUT2D eigenvalue weighted by atomic mass is 32.1. The minimum atomic E-state index is 0.589. The standard InChI is InChI=1S/C39H25N5.C36H22S/c1-4-14-26(15-5-1)37-40-38(27-16-6-2-7-17-27)42-39(41-37)44-34-23-13-11-21-30(34)32-24-31-29-20-10-12-22-33(29)43(35(31)25-36(32)44)28-18-8-3-9-19-28;1-2-13-29-27(11-1)28-12-3-4-14-30(28)34-22-24(19-20-31(29)34)23-9-7-10-25(21-23)26-16-8-17-33-32-15-5-6-18-35(32)37-36(26)33/h1-25H;1-22H. The Bertz CT molecular complexity index is 5200. The van der Waals surface area contributed by atoms with Crippen LogP contribution in [0.1, 0.15) is 0 Å². The fraction of sp³-hybridized carbons (Fsp3) is 0. The second kappa shape index (κ2) is 19.1. The maximum atomic E-state index is 5.11. The number of rotatable bonds is 6. The lowest BCUT2D eigenvalue weighted by molar-refractivity contribution is 0.953. The Morgan fingerprint density at radius 3 is 1.35 bits per heavy atom. The lowest BCUT2D eigenvalue weighted by atomic mass is 9.91. The lowest BCUT2D eigenvalue weighted by Crippen LogP contribution is -2.06. The Morgan fingerprint density at radius 1 is 0.247 bits per heavy atom. The van der Waals surface area contributed by atoms with Crippen molar-refractivity contribution in [3.05, 3.63) is 285 Å². The Morgan fingerprint density at radius 2 is 0.704 bits per heavy atom. The van der Waals surface area contributed by atoms with Gasteiger partial charge in [0.15, 0.2) is 11.6 Å². The molecule has 0 bridgehead atoms. The van der Waals surface area contributed by atoms with E-state index in [0.717, 1.165) is 44.1 Å². The van der Waals surface area contributed by atoms with Gasteiger partial charge in [-0.15, -0.1) is 11.3 Å². The zero-order chi connectivity index (χ0) is 53.4. The van der Waals surface area contributed by atoms with Gasteiger partial charge in [0.25, 0.3) is 0 Å². The summed E-state index contributed by atoms with van der Waals surface area (Å²) in [7, 11) is 0. The fourth-order valence-corrected chi connectivity index (χ4v) is 13.6. The van der Waals surface area contributed by atoms with Crippen LogP contribution in [0.4, 0.5) is 0 Å². The number of thiophene rings is 1. The van der Waals surface area contributed by atoms with Crippen molar-refractivity contribution in [1.29, 1.82) is 0 Å². The van der Waals surface area contributed by atoms with E-state index < -0.39 is 0 Å². The van der Waals surface area contributed by atoms with Crippen molar-refractivity contribution in [2.24, 2.45) is 0 Å². The van der Waals surface area contributed by atoms with Crippen molar-refractivity contribution >= 4 is 107 Å². The van der Waals surface area contributed by atoms with Crippen LogP contribution >= 0.6 is 11.3 Å².